The molecule has 100 valence electrons. The molecule has 0 spiro atoms. The number of piperidine rings is 1. The summed E-state index contributed by atoms with van der Waals surface area (Å²) in [6.45, 7) is 9.43. The van der Waals surface area contributed by atoms with E-state index >= 15 is 0 Å². The van der Waals surface area contributed by atoms with Crippen LogP contribution in [0.4, 0.5) is 0 Å². The zero-order chi connectivity index (χ0) is 13.2. The summed E-state index contributed by atoms with van der Waals surface area (Å²) in [4.78, 5) is 2.44. The molecule has 0 saturated carbocycles. The van der Waals surface area contributed by atoms with Crippen molar-refractivity contribution in [2.75, 3.05) is 20.1 Å². The lowest BCUT2D eigenvalue weighted by molar-refractivity contribution is 0.255. The maximum atomic E-state index is 2.45. The van der Waals surface area contributed by atoms with Crippen LogP contribution in [0.15, 0.2) is 24.3 Å². The fourth-order valence-electron chi connectivity index (χ4n) is 2.91. The maximum absolute atomic E-state index is 2.45. The minimum atomic E-state index is 0.380. The molecule has 1 nitrogen and oxygen atoms in total. The topological polar surface area (TPSA) is 3.24 Å². The van der Waals surface area contributed by atoms with Crippen molar-refractivity contribution in [3.63, 3.8) is 0 Å². The summed E-state index contributed by atoms with van der Waals surface area (Å²) < 4.78 is 0. The second kappa shape index (κ2) is 5.44. The van der Waals surface area contributed by atoms with Crippen LogP contribution in [0.25, 0.3) is 0 Å². The molecule has 0 amide bonds. The smallest absolute Gasteiger partial charge is 0.00159 e. The van der Waals surface area contributed by atoms with Crippen LogP contribution in [0.2, 0.25) is 0 Å². The average molecular weight is 245 g/mol. The molecule has 1 heteroatoms. The molecule has 0 unspecified atom stereocenters. The summed E-state index contributed by atoms with van der Waals surface area (Å²) in [6, 6.07) is 9.29. The molecule has 0 aromatic heterocycles. The minimum Gasteiger partial charge on any atom is -0.306 e. The highest BCUT2D eigenvalue weighted by atomic mass is 15.1. The van der Waals surface area contributed by atoms with Crippen LogP contribution in [0.5, 0.6) is 0 Å². The van der Waals surface area contributed by atoms with E-state index < -0.39 is 0 Å². The number of rotatable bonds is 2. The van der Waals surface area contributed by atoms with E-state index in [1.54, 1.807) is 5.56 Å². The molecule has 1 aliphatic rings. The van der Waals surface area contributed by atoms with Crippen molar-refractivity contribution in [1.82, 2.24) is 4.90 Å². The van der Waals surface area contributed by atoms with Crippen molar-refractivity contribution in [3.05, 3.63) is 35.4 Å². The first-order valence-electron chi connectivity index (χ1n) is 7.21. The van der Waals surface area contributed by atoms with Crippen LogP contribution in [0, 0.1) is 5.41 Å². The van der Waals surface area contributed by atoms with Crippen molar-refractivity contribution in [2.45, 2.75) is 46.0 Å². The maximum Gasteiger partial charge on any atom is -0.00159 e. The van der Waals surface area contributed by atoms with Gasteiger partial charge in [0, 0.05) is 0 Å². The third kappa shape index (κ3) is 3.84. The van der Waals surface area contributed by atoms with Crippen LogP contribution in [0.3, 0.4) is 0 Å². The van der Waals surface area contributed by atoms with Crippen molar-refractivity contribution in [1.29, 1.82) is 0 Å². The molecule has 1 aliphatic heterocycles. The predicted molar refractivity (Wildman–Crippen MR) is 79.1 cm³/mol. The monoisotopic (exact) mass is 245 g/mol. The van der Waals surface area contributed by atoms with Crippen LogP contribution >= 0.6 is 0 Å². The summed E-state index contributed by atoms with van der Waals surface area (Å²) >= 11 is 0. The Bertz CT molecular complexity index is 381. The largest absolute Gasteiger partial charge is 0.306 e. The number of hydrogen-bond donors (Lipinski definition) is 0. The Hall–Kier alpha value is -0.820. The molecule has 0 radical (unpaired) electrons. The van der Waals surface area contributed by atoms with E-state index in [1.165, 1.54) is 37.9 Å². The predicted octanol–water partition coefficient (Wildman–Crippen LogP) is 4.08. The zero-order valence-electron chi connectivity index (χ0n) is 12.4. The van der Waals surface area contributed by atoms with Gasteiger partial charge in [-0.2, -0.15) is 0 Å². The molecule has 0 atom stereocenters. The number of likely N-dealkylation sites (tertiary alicyclic amines) is 1. The first kappa shape index (κ1) is 13.6. The van der Waals surface area contributed by atoms with E-state index in [9.17, 15) is 0 Å². The molecule has 0 N–H and O–H groups in total. The van der Waals surface area contributed by atoms with Gasteiger partial charge in [0.05, 0.1) is 0 Å². The minimum absolute atomic E-state index is 0.380. The third-order valence-corrected chi connectivity index (χ3v) is 3.88. The standard InChI is InChI=1S/C17H27N/c1-17(2,3)13-14-6-5-7-16(12-14)15-8-10-18(4)11-9-15/h5-7,12,15H,8-11,13H2,1-4H3. The number of hydrogen-bond acceptors (Lipinski definition) is 1. The molecular weight excluding hydrogens is 218 g/mol. The Kier molecular flexibility index (Phi) is 4.11. The average Bonchev–Trinajstić information content (AvgIpc) is 2.28. The van der Waals surface area contributed by atoms with Gasteiger partial charge in [-0.15, -0.1) is 0 Å². The summed E-state index contributed by atoms with van der Waals surface area (Å²) in [5.41, 5.74) is 3.44. The van der Waals surface area contributed by atoms with Gasteiger partial charge >= 0.3 is 0 Å². The summed E-state index contributed by atoms with van der Waals surface area (Å²) in [5, 5.41) is 0. The van der Waals surface area contributed by atoms with Gasteiger partial charge in [0.1, 0.15) is 0 Å². The van der Waals surface area contributed by atoms with Crippen molar-refractivity contribution in [2.24, 2.45) is 5.41 Å². The lowest BCUT2D eigenvalue weighted by atomic mass is 9.84. The second-order valence-electron chi connectivity index (χ2n) is 7.06. The van der Waals surface area contributed by atoms with Crippen LogP contribution < -0.4 is 0 Å². The van der Waals surface area contributed by atoms with Crippen LogP contribution in [-0.4, -0.2) is 25.0 Å². The molecule has 1 fully saturated rings. The molecule has 0 bridgehead atoms. The molecular formula is C17H27N. The second-order valence-corrected chi connectivity index (χ2v) is 7.06. The highest BCUT2D eigenvalue weighted by molar-refractivity contribution is 5.27. The Labute approximate surface area is 112 Å². The van der Waals surface area contributed by atoms with E-state index in [-0.39, 0.29) is 0 Å². The summed E-state index contributed by atoms with van der Waals surface area (Å²) in [6.07, 6.45) is 3.80. The highest BCUT2D eigenvalue weighted by Crippen LogP contribution is 2.29. The highest BCUT2D eigenvalue weighted by Gasteiger charge is 2.19. The number of nitrogens with zero attached hydrogens (tertiary/aromatic N) is 1. The van der Waals surface area contributed by atoms with Gasteiger partial charge in [-0.25, -0.2) is 0 Å². The van der Waals surface area contributed by atoms with E-state index in [0.29, 0.717) is 5.41 Å². The normalized spacial score (nSPS) is 19.1. The lowest BCUT2D eigenvalue weighted by Gasteiger charge is -2.29. The van der Waals surface area contributed by atoms with Gasteiger partial charge in [0.2, 0.25) is 0 Å². The fourth-order valence-corrected chi connectivity index (χ4v) is 2.91. The fraction of sp³-hybridized carbons (Fsp3) is 0.647. The van der Waals surface area contributed by atoms with Gasteiger partial charge in [-0.05, 0) is 61.9 Å². The quantitative estimate of drug-likeness (QED) is 0.758. The zero-order valence-corrected chi connectivity index (χ0v) is 12.4. The van der Waals surface area contributed by atoms with Crippen LogP contribution in [0.1, 0.15) is 50.7 Å². The van der Waals surface area contributed by atoms with Crippen LogP contribution in [-0.2, 0) is 6.42 Å². The Morgan fingerprint density at radius 2 is 1.83 bits per heavy atom. The first-order chi connectivity index (χ1) is 8.44. The van der Waals surface area contributed by atoms with Crippen molar-refractivity contribution >= 4 is 0 Å². The molecule has 18 heavy (non-hydrogen) atoms. The van der Waals surface area contributed by atoms with Gasteiger partial charge in [-0.3, -0.25) is 0 Å². The van der Waals surface area contributed by atoms with E-state index in [0.717, 1.165) is 5.92 Å². The third-order valence-electron chi connectivity index (χ3n) is 3.88. The molecule has 0 aliphatic carbocycles. The Morgan fingerprint density at radius 3 is 2.44 bits per heavy atom. The number of benzene rings is 1. The van der Waals surface area contributed by atoms with E-state index in [2.05, 4.69) is 57.0 Å². The van der Waals surface area contributed by atoms with Gasteiger partial charge < -0.3 is 4.90 Å². The van der Waals surface area contributed by atoms with Crippen molar-refractivity contribution in [3.8, 4) is 0 Å². The molecule has 2 rings (SSSR count). The molecule has 1 aromatic rings. The van der Waals surface area contributed by atoms with Crippen molar-refractivity contribution < 1.29 is 0 Å². The van der Waals surface area contributed by atoms with Gasteiger partial charge in [0.25, 0.3) is 0 Å². The molecule has 1 heterocycles. The van der Waals surface area contributed by atoms with Gasteiger partial charge in [0.15, 0.2) is 0 Å². The molecule has 1 aromatic carbocycles. The Balaban J connectivity index is 2.07. The Morgan fingerprint density at radius 1 is 1.17 bits per heavy atom. The van der Waals surface area contributed by atoms with E-state index in [1.807, 2.05) is 0 Å². The lowest BCUT2D eigenvalue weighted by Crippen LogP contribution is -2.29. The molecule has 1 saturated heterocycles. The van der Waals surface area contributed by atoms with Gasteiger partial charge in [-0.1, -0.05) is 45.0 Å². The summed E-state index contributed by atoms with van der Waals surface area (Å²) in [7, 11) is 2.23. The first-order valence-corrected chi connectivity index (χ1v) is 7.21. The van der Waals surface area contributed by atoms with E-state index in [4.69, 9.17) is 0 Å². The SMILES string of the molecule is CN1CCC(c2cccc(CC(C)(C)C)c2)CC1. The summed E-state index contributed by atoms with van der Waals surface area (Å²) in [5.74, 6) is 0.779.